The second-order valence-electron chi connectivity index (χ2n) is 6.44. The number of aryl methyl sites for hydroxylation is 4. The van der Waals surface area contributed by atoms with Crippen molar-refractivity contribution in [2.75, 3.05) is 0 Å². The molecule has 0 aliphatic carbocycles. The Bertz CT molecular complexity index is 1010. The quantitative estimate of drug-likeness (QED) is 0.550. The first-order chi connectivity index (χ1) is 12.7. The lowest BCUT2D eigenvalue weighted by molar-refractivity contribution is 0.701. The first-order valence-corrected chi connectivity index (χ1v) is 8.75. The van der Waals surface area contributed by atoms with Gasteiger partial charge < -0.3 is 4.57 Å². The number of nitrogens with zero attached hydrogens (tertiary/aromatic N) is 5. The topological polar surface area (TPSA) is 48.5 Å². The molecule has 0 amide bonds. The van der Waals surface area contributed by atoms with E-state index in [4.69, 9.17) is 0 Å². The van der Waals surface area contributed by atoms with Gasteiger partial charge >= 0.3 is 0 Å². The maximum atomic E-state index is 4.58. The predicted octanol–water partition coefficient (Wildman–Crippen LogP) is 3.99. The summed E-state index contributed by atoms with van der Waals surface area (Å²) in [4.78, 5) is 8.76. The van der Waals surface area contributed by atoms with Gasteiger partial charge in [-0.05, 0) is 50.1 Å². The monoisotopic (exact) mass is 343 g/mol. The van der Waals surface area contributed by atoms with Crippen LogP contribution in [-0.4, -0.2) is 24.3 Å². The highest BCUT2D eigenvalue weighted by Crippen LogP contribution is 2.22. The minimum atomic E-state index is 0.866. The molecule has 4 aromatic rings. The molecule has 0 atom stereocenters. The van der Waals surface area contributed by atoms with Crippen molar-refractivity contribution in [3.63, 3.8) is 0 Å². The van der Waals surface area contributed by atoms with E-state index < -0.39 is 0 Å². The number of hydrogen-bond acceptors (Lipinski definition) is 3. The average molecular weight is 343 g/mol. The van der Waals surface area contributed by atoms with Gasteiger partial charge in [0.1, 0.15) is 5.82 Å². The van der Waals surface area contributed by atoms with Crippen molar-refractivity contribution in [1.82, 2.24) is 24.3 Å². The third kappa shape index (κ3) is 3.28. The Labute approximate surface area is 153 Å². The fourth-order valence-electron chi connectivity index (χ4n) is 3.21. The molecule has 0 spiro atoms. The molecule has 3 aromatic heterocycles. The van der Waals surface area contributed by atoms with E-state index in [2.05, 4.69) is 63.0 Å². The van der Waals surface area contributed by atoms with E-state index in [1.54, 1.807) is 6.20 Å². The Kier molecular flexibility index (Phi) is 4.35. The van der Waals surface area contributed by atoms with Crippen molar-refractivity contribution >= 4 is 0 Å². The minimum Gasteiger partial charge on any atom is -0.331 e. The van der Waals surface area contributed by atoms with Crippen LogP contribution in [0.5, 0.6) is 0 Å². The Morgan fingerprint density at radius 3 is 2.69 bits per heavy atom. The summed E-state index contributed by atoms with van der Waals surface area (Å²) in [6.07, 6.45) is 8.53. The number of imidazole rings is 1. The summed E-state index contributed by atoms with van der Waals surface area (Å²) < 4.78 is 4.16. The van der Waals surface area contributed by atoms with Gasteiger partial charge in [-0.15, -0.1) is 0 Å². The SMILES string of the molecule is Cc1cc(C)n(-c2cccc(-c3nccn3CCc3cccnc3)c2)n1. The van der Waals surface area contributed by atoms with Gasteiger partial charge in [0, 0.05) is 42.6 Å². The van der Waals surface area contributed by atoms with Gasteiger partial charge in [-0.25, -0.2) is 9.67 Å². The lowest BCUT2D eigenvalue weighted by atomic mass is 10.1. The second kappa shape index (κ2) is 6.96. The van der Waals surface area contributed by atoms with Crippen molar-refractivity contribution in [1.29, 1.82) is 0 Å². The summed E-state index contributed by atoms with van der Waals surface area (Å²) in [6, 6.07) is 14.5. The molecular weight excluding hydrogens is 322 g/mol. The van der Waals surface area contributed by atoms with Crippen LogP contribution in [0.4, 0.5) is 0 Å². The third-order valence-electron chi connectivity index (χ3n) is 4.44. The summed E-state index contributed by atoms with van der Waals surface area (Å²) in [7, 11) is 0. The Balaban J connectivity index is 1.62. The molecule has 5 heteroatoms. The lowest BCUT2D eigenvalue weighted by Crippen LogP contribution is -2.04. The van der Waals surface area contributed by atoms with Crippen LogP contribution >= 0.6 is 0 Å². The van der Waals surface area contributed by atoms with Crippen LogP contribution in [-0.2, 0) is 13.0 Å². The molecular formula is C21H21N5. The molecule has 3 heterocycles. The van der Waals surface area contributed by atoms with Crippen LogP contribution in [0.2, 0.25) is 0 Å². The summed E-state index contributed by atoms with van der Waals surface area (Å²) in [5.74, 6) is 0.970. The van der Waals surface area contributed by atoms with Crippen LogP contribution in [0.25, 0.3) is 17.1 Å². The molecule has 0 aliphatic heterocycles. The van der Waals surface area contributed by atoms with Gasteiger partial charge in [-0.3, -0.25) is 4.98 Å². The fourth-order valence-corrected chi connectivity index (χ4v) is 3.21. The van der Waals surface area contributed by atoms with Crippen LogP contribution in [0.3, 0.4) is 0 Å². The maximum Gasteiger partial charge on any atom is 0.139 e. The zero-order valence-corrected chi connectivity index (χ0v) is 15.0. The second-order valence-corrected chi connectivity index (χ2v) is 6.44. The number of aromatic nitrogens is 5. The fraction of sp³-hybridized carbons (Fsp3) is 0.190. The van der Waals surface area contributed by atoms with Gasteiger partial charge in [0.2, 0.25) is 0 Å². The molecule has 0 saturated heterocycles. The first-order valence-electron chi connectivity index (χ1n) is 8.75. The third-order valence-corrected chi connectivity index (χ3v) is 4.44. The summed E-state index contributed by atoms with van der Waals surface area (Å²) >= 11 is 0. The molecule has 0 unspecified atom stereocenters. The molecule has 130 valence electrons. The maximum absolute atomic E-state index is 4.58. The molecule has 0 bridgehead atoms. The molecule has 0 fully saturated rings. The molecule has 1 aromatic carbocycles. The molecule has 0 saturated carbocycles. The zero-order valence-electron chi connectivity index (χ0n) is 15.0. The molecule has 5 nitrogen and oxygen atoms in total. The highest BCUT2D eigenvalue weighted by Gasteiger charge is 2.09. The number of hydrogen-bond donors (Lipinski definition) is 0. The van der Waals surface area contributed by atoms with E-state index in [9.17, 15) is 0 Å². The van der Waals surface area contributed by atoms with Crippen LogP contribution < -0.4 is 0 Å². The van der Waals surface area contributed by atoms with Crippen molar-refractivity contribution in [2.24, 2.45) is 0 Å². The van der Waals surface area contributed by atoms with Crippen molar-refractivity contribution in [3.05, 3.63) is 84.2 Å². The largest absolute Gasteiger partial charge is 0.331 e. The molecule has 26 heavy (non-hydrogen) atoms. The Morgan fingerprint density at radius 1 is 1.00 bits per heavy atom. The van der Waals surface area contributed by atoms with Gasteiger partial charge in [-0.1, -0.05) is 18.2 Å². The summed E-state index contributed by atoms with van der Waals surface area (Å²) in [5.41, 5.74) is 5.51. The van der Waals surface area contributed by atoms with E-state index in [-0.39, 0.29) is 0 Å². The minimum absolute atomic E-state index is 0.866. The van der Waals surface area contributed by atoms with E-state index in [0.717, 1.165) is 41.4 Å². The highest BCUT2D eigenvalue weighted by atomic mass is 15.3. The molecule has 0 aliphatic rings. The van der Waals surface area contributed by atoms with Gasteiger partial charge in [0.15, 0.2) is 0 Å². The molecule has 4 rings (SSSR count). The summed E-state index contributed by atoms with van der Waals surface area (Å²) in [5, 5.41) is 4.58. The smallest absolute Gasteiger partial charge is 0.139 e. The number of rotatable bonds is 5. The van der Waals surface area contributed by atoms with Gasteiger partial charge in [0.25, 0.3) is 0 Å². The lowest BCUT2D eigenvalue weighted by Gasteiger charge is -2.10. The number of benzene rings is 1. The van der Waals surface area contributed by atoms with Crippen molar-refractivity contribution < 1.29 is 0 Å². The van der Waals surface area contributed by atoms with E-state index in [0.29, 0.717) is 0 Å². The van der Waals surface area contributed by atoms with E-state index in [1.807, 2.05) is 36.3 Å². The normalized spacial score (nSPS) is 11.0. The molecule has 0 radical (unpaired) electrons. The number of pyridine rings is 1. The summed E-state index contributed by atoms with van der Waals surface area (Å²) in [6.45, 7) is 4.95. The predicted molar refractivity (Wildman–Crippen MR) is 102 cm³/mol. The van der Waals surface area contributed by atoms with Gasteiger partial charge in [0.05, 0.1) is 11.4 Å². The van der Waals surface area contributed by atoms with E-state index in [1.165, 1.54) is 5.56 Å². The average Bonchev–Trinajstić information content (AvgIpc) is 3.27. The molecule has 0 N–H and O–H groups in total. The van der Waals surface area contributed by atoms with E-state index >= 15 is 0 Å². The zero-order chi connectivity index (χ0) is 17.9. The first kappa shape index (κ1) is 16.3. The van der Waals surface area contributed by atoms with Crippen molar-refractivity contribution in [2.45, 2.75) is 26.8 Å². The standard InChI is InChI=1S/C21H21N5/c1-16-13-17(2)26(24-16)20-7-3-6-19(14-20)21-23-10-12-25(21)11-8-18-5-4-9-22-15-18/h3-7,9-10,12-15H,8,11H2,1-2H3. The van der Waals surface area contributed by atoms with Gasteiger partial charge in [-0.2, -0.15) is 5.10 Å². The van der Waals surface area contributed by atoms with Crippen LogP contribution in [0, 0.1) is 13.8 Å². The Hall–Kier alpha value is -3.21. The highest BCUT2D eigenvalue weighted by molar-refractivity contribution is 5.59. The van der Waals surface area contributed by atoms with Crippen LogP contribution in [0.15, 0.2) is 67.3 Å². The van der Waals surface area contributed by atoms with Crippen molar-refractivity contribution in [3.8, 4) is 17.1 Å². The Morgan fingerprint density at radius 2 is 1.92 bits per heavy atom. The van der Waals surface area contributed by atoms with Crippen LogP contribution in [0.1, 0.15) is 17.0 Å².